The largest absolute Gasteiger partial charge is 0.480 e. The van der Waals surface area contributed by atoms with Gasteiger partial charge in [-0.25, -0.2) is 9.78 Å². The number of nitrogens with zero attached hydrogens (tertiary/aromatic N) is 2. The summed E-state index contributed by atoms with van der Waals surface area (Å²) in [6.07, 6.45) is 5.51. The quantitative estimate of drug-likeness (QED) is 0.290. The highest BCUT2D eigenvalue weighted by Gasteiger charge is 2.39. The van der Waals surface area contributed by atoms with E-state index in [-0.39, 0.29) is 24.2 Å². The van der Waals surface area contributed by atoms with Crippen LogP contribution in [-0.2, 0) is 25.6 Å². The van der Waals surface area contributed by atoms with E-state index in [1.165, 1.54) is 17.4 Å². The number of rotatable bonds is 12. The molecule has 0 aromatic carbocycles. The average Bonchev–Trinajstić information content (AvgIpc) is 3.51. The summed E-state index contributed by atoms with van der Waals surface area (Å²) < 4.78 is 0. The van der Waals surface area contributed by atoms with Crippen LogP contribution in [0.2, 0.25) is 0 Å². The summed E-state index contributed by atoms with van der Waals surface area (Å²) in [7, 11) is 0. The smallest absolute Gasteiger partial charge is 0.326 e. The number of carbonyl (C=O) groups is 4. The molecule has 2 rings (SSSR count). The summed E-state index contributed by atoms with van der Waals surface area (Å²) in [5.74, 6) is -2.80. The number of carbonyl (C=O) groups excluding carboxylic acids is 3. The fourth-order valence-corrected chi connectivity index (χ4v) is 4.02. The van der Waals surface area contributed by atoms with Gasteiger partial charge in [0.2, 0.25) is 17.7 Å². The summed E-state index contributed by atoms with van der Waals surface area (Å²) in [6.45, 7) is 7.85. The van der Waals surface area contributed by atoms with Gasteiger partial charge in [-0.1, -0.05) is 40.5 Å². The Morgan fingerprint density at radius 2 is 1.88 bits per heavy atom. The molecule has 0 aliphatic carbocycles. The van der Waals surface area contributed by atoms with Crippen LogP contribution >= 0.6 is 0 Å². The maximum absolute atomic E-state index is 13.2. The molecule has 0 bridgehead atoms. The van der Waals surface area contributed by atoms with Gasteiger partial charge in [0, 0.05) is 24.9 Å². The number of aromatic nitrogens is 2. The van der Waals surface area contributed by atoms with Gasteiger partial charge >= 0.3 is 5.97 Å². The summed E-state index contributed by atoms with van der Waals surface area (Å²) in [5, 5.41) is 14.9. The van der Waals surface area contributed by atoms with Crippen molar-refractivity contribution in [2.75, 3.05) is 6.54 Å². The Balaban J connectivity index is 2.18. The fourth-order valence-electron chi connectivity index (χ4n) is 4.02. The van der Waals surface area contributed by atoms with E-state index in [2.05, 4.69) is 20.6 Å². The van der Waals surface area contributed by atoms with Crippen molar-refractivity contribution in [2.45, 2.75) is 84.0 Å². The Labute approximate surface area is 200 Å². The van der Waals surface area contributed by atoms with Crippen molar-refractivity contribution < 1.29 is 24.3 Å². The Kier molecular flexibility index (Phi) is 10.0. The van der Waals surface area contributed by atoms with Gasteiger partial charge in [0.25, 0.3) is 0 Å². The van der Waals surface area contributed by atoms with Crippen molar-refractivity contribution in [3.63, 3.8) is 0 Å². The van der Waals surface area contributed by atoms with Gasteiger partial charge in [-0.3, -0.25) is 14.4 Å². The topological polar surface area (TPSA) is 171 Å². The number of amides is 3. The number of aliphatic carboxylic acids is 1. The molecule has 1 aliphatic heterocycles. The first kappa shape index (κ1) is 27.3. The molecule has 1 fully saturated rings. The Morgan fingerprint density at radius 3 is 2.44 bits per heavy atom. The van der Waals surface area contributed by atoms with E-state index in [0.717, 1.165) is 6.42 Å². The van der Waals surface area contributed by atoms with Crippen molar-refractivity contribution in [1.29, 1.82) is 0 Å². The lowest BCUT2D eigenvalue weighted by atomic mass is 9.98. The lowest BCUT2D eigenvalue weighted by molar-refractivity contribution is -0.144. The maximum Gasteiger partial charge on any atom is 0.326 e. The highest BCUT2D eigenvalue weighted by atomic mass is 16.4. The second-order valence-corrected chi connectivity index (χ2v) is 9.15. The van der Waals surface area contributed by atoms with E-state index in [1.807, 2.05) is 20.8 Å². The zero-order valence-corrected chi connectivity index (χ0v) is 20.4. The zero-order chi connectivity index (χ0) is 25.4. The van der Waals surface area contributed by atoms with Crippen LogP contribution in [0.3, 0.4) is 0 Å². The van der Waals surface area contributed by atoms with Crippen molar-refractivity contribution in [1.82, 2.24) is 25.5 Å². The number of likely N-dealkylation sites (tertiary alicyclic amines) is 1. The molecule has 6 atom stereocenters. The van der Waals surface area contributed by atoms with Crippen molar-refractivity contribution in [2.24, 2.45) is 17.6 Å². The summed E-state index contributed by atoms with van der Waals surface area (Å²) >= 11 is 0. The number of aromatic amines is 1. The minimum atomic E-state index is -1.14. The Bertz CT molecular complexity index is 845. The van der Waals surface area contributed by atoms with E-state index in [4.69, 9.17) is 5.73 Å². The Hall–Kier alpha value is -2.95. The SMILES string of the molecule is CCC(C)C(N)C(=O)N1CCCC1C(=O)NC(Cc1cnc[nH]1)C(=O)NC(C(=O)O)C(C)CC. The van der Waals surface area contributed by atoms with Gasteiger partial charge in [-0.05, 0) is 24.7 Å². The fraction of sp³-hybridized carbons (Fsp3) is 0.696. The lowest BCUT2D eigenvalue weighted by Gasteiger charge is -2.30. The minimum absolute atomic E-state index is 0.0239. The molecule has 190 valence electrons. The van der Waals surface area contributed by atoms with Crippen LogP contribution in [0, 0.1) is 11.8 Å². The number of nitrogens with one attached hydrogen (secondary N) is 3. The van der Waals surface area contributed by atoms with E-state index in [9.17, 15) is 24.3 Å². The summed E-state index contributed by atoms with van der Waals surface area (Å²) in [4.78, 5) is 59.2. The first-order valence-corrected chi connectivity index (χ1v) is 12.0. The third kappa shape index (κ3) is 6.78. The van der Waals surface area contributed by atoms with Gasteiger partial charge in [0.1, 0.15) is 18.1 Å². The number of hydrogen-bond donors (Lipinski definition) is 5. The number of carboxylic acids is 1. The number of imidazole rings is 1. The minimum Gasteiger partial charge on any atom is -0.480 e. The van der Waals surface area contributed by atoms with Crippen molar-refractivity contribution >= 4 is 23.7 Å². The molecule has 6 unspecified atom stereocenters. The predicted octanol–water partition coefficient (Wildman–Crippen LogP) is 0.417. The van der Waals surface area contributed by atoms with Gasteiger partial charge in [-0.2, -0.15) is 0 Å². The van der Waals surface area contributed by atoms with Crippen LogP contribution in [0.15, 0.2) is 12.5 Å². The van der Waals surface area contributed by atoms with Crippen LogP contribution < -0.4 is 16.4 Å². The number of H-pyrrole nitrogens is 1. The molecule has 2 heterocycles. The average molecular weight is 479 g/mol. The van der Waals surface area contributed by atoms with Gasteiger partial charge in [0.15, 0.2) is 0 Å². The Morgan fingerprint density at radius 1 is 1.21 bits per heavy atom. The highest BCUT2D eigenvalue weighted by molar-refractivity contribution is 5.94. The van der Waals surface area contributed by atoms with E-state index < -0.39 is 42.0 Å². The van der Waals surface area contributed by atoms with E-state index >= 15 is 0 Å². The first-order chi connectivity index (χ1) is 16.1. The first-order valence-electron chi connectivity index (χ1n) is 12.0. The molecule has 0 spiro atoms. The van der Waals surface area contributed by atoms with Gasteiger partial charge in [-0.15, -0.1) is 0 Å². The lowest BCUT2D eigenvalue weighted by Crippen LogP contribution is -2.58. The normalized spacial score (nSPS) is 20.1. The molecule has 11 heteroatoms. The van der Waals surface area contributed by atoms with Crippen LogP contribution in [0.5, 0.6) is 0 Å². The summed E-state index contributed by atoms with van der Waals surface area (Å²) in [5.41, 5.74) is 6.73. The molecule has 1 aliphatic rings. The number of hydrogen-bond acceptors (Lipinski definition) is 6. The van der Waals surface area contributed by atoms with Crippen LogP contribution in [-0.4, -0.2) is 74.4 Å². The highest BCUT2D eigenvalue weighted by Crippen LogP contribution is 2.21. The zero-order valence-electron chi connectivity index (χ0n) is 20.4. The molecule has 6 N–H and O–H groups in total. The predicted molar refractivity (Wildman–Crippen MR) is 125 cm³/mol. The third-order valence-corrected chi connectivity index (χ3v) is 6.77. The summed E-state index contributed by atoms with van der Waals surface area (Å²) in [6, 6.07) is -3.56. The molecule has 3 amide bonds. The van der Waals surface area contributed by atoms with Gasteiger partial charge in [0.05, 0.1) is 12.4 Å². The molecule has 34 heavy (non-hydrogen) atoms. The molecule has 0 saturated carbocycles. The molecule has 11 nitrogen and oxygen atoms in total. The van der Waals surface area contributed by atoms with Crippen LogP contribution in [0.25, 0.3) is 0 Å². The second-order valence-electron chi connectivity index (χ2n) is 9.15. The standard InChI is InChI=1S/C23H38N6O5/c1-5-13(3)18(24)22(32)29-9-7-8-17(29)21(31)27-16(10-15-11-25-12-26-15)20(30)28-19(23(33)34)14(4)6-2/h11-14,16-19H,5-10,24H2,1-4H3,(H,25,26)(H,27,31)(H,28,30)(H,33,34). The van der Waals surface area contributed by atoms with Gasteiger partial charge < -0.3 is 31.4 Å². The monoisotopic (exact) mass is 478 g/mol. The molecular weight excluding hydrogens is 440 g/mol. The molecule has 1 aromatic heterocycles. The molecular formula is C23H38N6O5. The molecule has 1 aromatic rings. The van der Waals surface area contributed by atoms with Crippen LogP contribution in [0.4, 0.5) is 0 Å². The molecule has 0 radical (unpaired) electrons. The number of carboxylic acid groups (broad SMARTS) is 1. The molecule has 1 saturated heterocycles. The maximum atomic E-state index is 13.2. The number of nitrogens with two attached hydrogens (primary N) is 1. The van der Waals surface area contributed by atoms with Crippen LogP contribution in [0.1, 0.15) is 59.1 Å². The van der Waals surface area contributed by atoms with Crippen molar-refractivity contribution in [3.8, 4) is 0 Å². The second kappa shape index (κ2) is 12.5. The van der Waals surface area contributed by atoms with E-state index in [1.54, 1.807) is 6.92 Å². The van der Waals surface area contributed by atoms with Crippen molar-refractivity contribution in [3.05, 3.63) is 18.2 Å². The third-order valence-electron chi connectivity index (χ3n) is 6.77. The van der Waals surface area contributed by atoms with E-state index in [0.29, 0.717) is 31.5 Å².